The van der Waals surface area contributed by atoms with E-state index < -0.39 is 6.04 Å². The van der Waals surface area contributed by atoms with E-state index in [1.54, 1.807) is 0 Å². The molecule has 0 aliphatic heterocycles. The maximum absolute atomic E-state index is 12.3. The Labute approximate surface area is 150 Å². The van der Waals surface area contributed by atoms with Gasteiger partial charge in [-0.15, -0.1) is 0 Å². The van der Waals surface area contributed by atoms with Crippen LogP contribution in [0.1, 0.15) is 51.0 Å². The monoisotopic (exact) mass is 346 g/mol. The van der Waals surface area contributed by atoms with Gasteiger partial charge in [-0.2, -0.15) is 0 Å². The van der Waals surface area contributed by atoms with Crippen molar-refractivity contribution in [3.05, 3.63) is 35.9 Å². The Morgan fingerprint density at radius 2 is 2.00 bits per heavy atom. The zero-order chi connectivity index (χ0) is 18.1. The van der Waals surface area contributed by atoms with Gasteiger partial charge in [0, 0.05) is 12.5 Å². The van der Waals surface area contributed by atoms with Gasteiger partial charge in [0.1, 0.15) is 6.04 Å². The first-order chi connectivity index (χ1) is 12.1. The Bertz CT molecular complexity index is 543. The van der Waals surface area contributed by atoms with Crippen LogP contribution in [0.5, 0.6) is 0 Å². The SMILES string of the molecule is CCCCOC(=O)[C@@H](CC1CC1)NC(=O)C[C@H](N)Cc1ccccc1. The van der Waals surface area contributed by atoms with Crippen molar-refractivity contribution in [2.75, 3.05) is 6.61 Å². The summed E-state index contributed by atoms with van der Waals surface area (Å²) in [6, 6.07) is 9.06. The fourth-order valence-electron chi connectivity index (χ4n) is 2.80. The van der Waals surface area contributed by atoms with E-state index >= 15 is 0 Å². The Balaban J connectivity index is 1.80. The normalized spacial score (nSPS) is 16.1. The maximum Gasteiger partial charge on any atom is 0.328 e. The van der Waals surface area contributed by atoms with Gasteiger partial charge in [-0.05, 0) is 30.7 Å². The third-order valence-electron chi connectivity index (χ3n) is 4.42. The lowest BCUT2D eigenvalue weighted by molar-refractivity contribution is -0.148. The molecule has 0 radical (unpaired) electrons. The van der Waals surface area contributed by atoms with E-state index in [4.69, 9.17) is 10.5 Å². The highest BCUT2D eigenvalue weighted by Gasteiger charge is 2.31. The van der Waals surface area contributed by atoms with Crippen LogP contribution in [0.25, 0.3) is 0 Å². The second kappa shape index (κ2) is 10.2. The van der Waals surface area contributed by atoms with Gasteiger partial charge in [-0.25, -0.2) is 4.79 Å². The van der Waals surface area contributed by atoms with Gasteiger partial charge in [0.05, 0.1) is 6.61 Å². The summed E-state index contributed by atoms with van der Waals surface area (Å²) in [6.45, 7) is 2.46. The van der Waals surface area contributed by atoms with E-state index in [0.29, 0.717) is 25.4 Å². The third kappa shape index (κ3) is 7.69. The van der Waals surface area contributed by atoms with Gasteiger partial charge >= 0.3 is 5.97 Å². The highest BCUT2D eigenvalue weighted by molar-refractivity contribution is 5.84. The predicted octanol–water partition coefficient (Wildman–Crippen LogP) is 2.57. The molecule has 1 aromatic carbocycles. The second-order valence-electron chi connectivity index (χ2n) is 6.97. The van der Waals surface area contributed by atoms with E-state index in [1.165, 1.54) is 0 Å². The minimum Gasteiger partial charge on any atom is -0.464 e. The summed E-state index contributed by atoms with van der Waals surface area (Å²) in [5, 5.41) is 2.84. The number of amides is 1. The largest absolute Gasteiger partial charge is 0.464 e. The first-order valence-corrected chi connectivity index (χ1v) is 9.34. The van der Waals surface area contributed by atoms with Crippen LogP contribution >= 0.6 is 0 Å². The lowest BCUT2D eigenvalue weighted by Crippen LogP contribution is -2.44. The molecule has 1 fully saturated rings. The Morgan fingerprint density at radius 1 is 1.28 bits per heavy atom. The van der Waals surface area contributed by atoms with E-state index in [0.717, 1.165) is 31.2 Å². The zero-order valence-electron chi connectivity index (χ0n) is 15.1. The van der Waals surface area contributed by atoms with Crippen LogP contribution in [0.2, 0.25) is 0 Å². The van der Waals surface area contributed by atoms with Gasteiger partial charge in [0.25, 0.3) is 0 Å². The van der Waals surface area contributed by atoms with Gasteiger partial charge in [0.15, 0.2) is 0 Å². The van der Waals surface area contributed by atoms with E-state index in [1.807, 2.05) is 37.3 Å². The fraction of sp³-hybridized carbons (Fsp3) is 0.600. The van der Waals surface area contributed by atoms with Crippen molar-refractivity contribution in [1.29, 1.82) is 0 Å². The lowest BCUT2D eigenvalue weighted by Gasteiger charge is -2.19. The number of nitrogens with two attached hydrogens (primary N) is 1. The molecule has 1 amide bonds. The molecule has 1 aliphatic carbocycles. The first-order valence-electron chi connectivity index (χ1n) is 9.34. The molecule has 138 valence electrons. The average molecular weight is 346 g/mol. The Morgan fingerprint density at radius 3 is 2.64 bits per heavy atom. The molecule has 25 heavy (non-hydrogen) atoms. The van der Waals surface area contributed by atoms with Crippen molar-refractivity contribution < 1.29 is 14.3 Å². The molecule has 2 rings (SSSR count). The minimum atomic E-state index is -0.541. The minimum absolute atomic E-state index is 0.179. The van der Waals surface area contributed by atoms with Gasteiger partial charge in [-0.3, -0.25) is 4.79 Å². The molecular formula is C20H30N2O3. The van der Waals surface area contributed by atoms with E-state index in [-0.39, 0.29) is 24.3 Å². The molecule has 0 bridgehead atoms. The van der Waals surface area contributed by atoms with Gasteiger partial charge in [0.2, 0.25) is 5.91 Å². The standard InChI is InChI=1S/C20H30N2O3/c1-2-3-11-25-20(24)18(13-16-9-10-16)22-19(23)14-17(21)12-15-7-5-4-6-8-15/h4-8,16-18H,2-3,9-14,21H2,1H3,(H,22,23)/t17-,18-/m1/s1. The number of ether oxygens (including phenoxy) is 1. The van der Waals surface area contributed by atoms with Crippen molar-refractivity contribution in [2.45, 2.75) is 64.0 Å². The quantitative estimate of drug-likeness (QED) is 0.477. The highest BCUT2D eigenvalue weighted by atomic mass is 16.5. The smallest absolute Gasteiger partial charge is 0.328 e. The molecule has 0 unspecified atom stereocenters. The van der Waals surface area contributed by atoms with Crippen LogP contribution in [0, 0.1) is 5.92 Å². The van der Waals surface area contributed by atoms with Crippen molar-refractivity contribution in [2.24, 2.45) is 11.7 Å². The van der Waals surface area contributed by atoms with Crippen LogP contribution in [-0.4, -0.2) is 30.6 Å². The number of esters is 1. The number of unbranched alkanes of at least 4 members (excludes halogenated alkanes) is 1. The fourth-order valence-corrected chi connectivity index (χ4v) is 2.80. The molecule has 1 aromatic rings. The van der Waals surface area contributed by atoms with Crippen LogP contribution in [0.15, 0.2) is 30.3 Å². The molecule has 0 saturated heterocycles. The van der Waals surface area contributed by atoms with Crippen LogP contribution in [-0.2, 0) is 20.7 Å². The van der Waals surface area contributed by atoms with Crippen molar-refractivity contribution in [3.63, 3.8) is 0 Å². The van der Waals surface area contributed by atoms with Crippen molar-refractivity contribution in [3.8, 4) is 0 Å². The van der Waals surface area contributed by atoms with Gasteiger partial charge in [-0.1, -0.05) is 56.5 Å². The number of carbonyl (C=O) groups excluding carboxylic acids is 2. The molecule has 0 heterocycles. The first kappa shape index (κ1) is 19.4. The number of rotatable bonds is 11. The number of carbonyl (C=O) groups is 2. The summed E-state index contributed by atoms with van der Waals surface area (Å²) in [5.41, 5.74) is 7.20. The highest BCUT2D eigenvalue weighted by Crippen LogP contribution is 2.33. The average Bonchev–Trinajstić information content (AvgIpc) is 3.39. The van der Waals surface area contributed by atoms with Gasteiger partial charge < -0.3 is 15.8 Å². The number of hydrogen-bond acceptors (Lipinski definition) is 4. The molecule has 1 aliphatic rings. The molecule has 1 saturated carbocycles. The summed E-state index contributed by atoms with van der Waals surface area (Å²) in [4.78, 5) is 24.5. The zero-order valence-corrected chi connectivity index (χ0v) is 15.1. The Kier molecular flexibility index (Phi) is 7.92. The predicted molar refractivity (Wildman–Crippen MR) is 97.9 cm³/mol. The van der Waals surface area contributed by atoms with E-state index in [9.17, 15) is 9.59 Å². The Hall–Kier alpha value is -1.88. The third-order valence-corrected chi connectivity index (χ3v) is 4.42. The summed E-state index contributed by atoms with van der Waals surface area (Å²) in [5.74, 6) is 0.0360. The summed E-state index contributed by atoms with van der Waals surface area (Å²) in [7, 11) is 0. The van der Waals surface area contributed by atoms with E-state index in [2.05, 4.69) is 5.32 Å². The number of nitrogens with one attached hydrogen (secondary N) is 1. The molecule has 5 nitrogen and oxygen atoms in total. The topological polar surface area (TPSA) is 81.4 Å². The summed E-state index contributed by atoms with van der Waals surface area (Å²) >= 11 is 0. The number of hydrogen-bond donors (Lipinski definition) is 2. The summed E-state index contributed by atoms with van der Waals surface area (Å²) < 4.78 is 5.29. The second-order valence-corrected chi connectivity index (χ2v) is 6.97. The van der Waals surface area contributed by atoms with Crippen LogP contribution < -0.4 is 11.1 Å². The van der Waals surface area contributed by atoms with Crippen molar-refractivity contribution in [1.82, 2.24) is 5.32 Å². The molecular weight excluding hydrogens is 316 g/mol. The number of benzene rings is 1. The molecule has 3 N–H and O–H groups in total. The molecule has 5 heteroatoms. The van der Waals surface area contributed by atoms with Crippen LogP contribution in [0.3, 0.4) is 0 Å². The lowest BCUT2D eigenvalue weighted by atomic mass is 10.0. The molecule has 0 spiro atoms. The van der Waals surface area contributed by atoms with Crippen molar-refractivity contribution >= 4 is 11.9 Å². The maximum atomic E-state index is 12.3. The van der Waals surface area contributed by atoms with Crippen LogP contribution in [0.4, 0.5) is 0 Å². The molecule has 2 atom stereocenters. The summed E-state index contributed by atoms with van der Waals surface area (Å²) in [6.07, 6.45) is 5.59. The molecule has 0 aromatic heterocycles.